The van der Waals surface area contributed by atoms with Gasteiger partial charge in [-0.2, -0.15) is 0 Å². The van der Waals surface area contributed by atoms with Gasteiger partial charge >= 0.3 is 0 Å². The molecule has 0 spiro atoms. The van der Waals surface area contributed by atoms with Gasteiger partial charge in [0.2, 0.25) is 5.88 Å². The van der Waals surface area contributed by atoms with Gasteiger partial charge < -0.3 is 15.2 Å². The average molecular weight is 265 g/mol. The van der Waals surface area contributed by atoms with Gasteiger partial charge in [0, 0.05) is 0 Å². The fourth-order valence-electron chi connectivity index (χ4n) is 1.36. The van der Waals surface area contributed by atoms with Crippen LogP contribution in [0.3, 0.4) is 0 Å². The summed E-state index contributed by atoms with van der Waals surface area (Å²) in [6.07, 6.45) is 1.50. The average Bonchev–Trinajstić information content (AvgIpc) is 2.38. The van der Waals surface area contributed by atoms with Crippen molar-refractivity contribution in [1.29, 1.82) is 0 Å². The summed E-state index contributed by atoms with van der Waals surface area (Å²) < 4.78 is 10.9. The van der Waals surface area contributed by atoms with E-state index in [4.69, 9.17) is 26.8 Å². The van der Waals surface area contributed by atoms with Crippen LogP contribution in [0.4, 0.5) is 5.69 Å². The Morgan fingerprint density at radius 1 is 1.11 bits per heavy atom. The van der Waals surface area contributed by atoms with Crippen molar-refractivity contribution in [3.8, 4) is 11.6 Å². The van der Waals surface area contributed by atoms with Gasteiger partial charge in [-0.05, 0) is 18.2 Å². The van der Waals surface area contributed by atoms with Crippen molar-refractivity contribution in [3.63, 3.8) is 0 Å². The third-order valence-corrected chi connectivity index (χ3v) is 2.43. The van der Waals surface area contributed by atoms with Crippen molar-refractivity contribution in [2.45, 2.75) is 0 Å². The number of rotatable bonds is 5. The van der Waals surface area contributed by atoms with E-state index in [0.29, 0.717) is 29.8 Å². The molecule has 0 aliphatic heterocycles. The molecule has 18 heavy (non-hydrogen) atoms. The summed E-state index contributed by atoms with van der Waals surface area (Å²) in [5.41, 5.74) is 6.04. The first kappa shape index (κ1) is 12.5. The molecule has 2 aromatic rings. The summed E-state index contributed by atoms with van der Waals surface area (Å²) >= 11 is 5.92. The Morgan fingerprint density at radius 3 is 2.56 bits per heavy atom. The number of nitrogen functional groups attached to an aromatic ring is 1. The Kier molecular flexibility index (Phi) is 4.25. The molecule has 1 heterocycles. The minimum absolute atomic E-state index is 0.363. The van der Waals surface area contributed by atoms with Crippen LogP contribution in [0.2, 0.25) is 5.02 Å². The Bertz CT molecular complexity index is 506. The summed E-state index contributed by atoms with van der Waals surface area (Å²) in [5.74, 6) is 1.17. The van der Waals surface area contributed by atoms with Crippen LogP contribution >= 0.6 is 11.6 Å². The van der Waals surface area contributed by atoms with Crippen molar-refractivity contribution in [1.82, 2.24) is 4.98 Å². The zero-order valence-corrected chi connectivity index (χ0v) is 10.4. The highest BCUT2D eigenvalue weighted by Gasteiger charge is 2.03. The van der Waals surface area contributed by atoms with Gasteiger partial charge in [-0.15, -0.1) is 0 Å². The molecule has 0 bridgehead atoms. The third-order valence-electron chi connectivity index (χ3n) is 2.16. The van der Waals surface area contributed by atoms with Gasteiger partial charge in [0.1, 0.15) is 24.0 Å². The quantitative estimate of drug-likeness (QED) is 0.844. The SMILES string of the molecule is Nc1cnc(OCCOc2ccccc2)c(Cl)c1. The van der Waals surface area contributed by atoms with Crippen LogP contribution in [0.5, 0.6) is 11.6 Å². The molecule has 0 unspecified atom stereocenters. The number of hydrogen-bond acceptors (Lipinski definition) is 4. The van der Waals surface area contributed by atoms with E-state index < -0.39 is 0 Å². The second kappa shape index (κ2) is 6.12. The van der Waals surface area contributed by atoms with E-state index in [1.807, 2.05) is 30.3 Å². The first-order chi connectivity index (χ1) is 8.75. The Hall–Kier alpha value is -1.94. The molecule has 2 rings (SSSR count). The van der Waals surface area contributed by atoms with E-state index in [1.165, 1.54) is 6.20 Å². The van der Waals surface area contributed by atoms with Crippen molar-refractivity contribution >= 4 is 17.3 Å². The lowest BCUT2D eigenvalue weighted by Gasteiger charge is -2.08. The molecule has 0 aliphatic carbocycles. The topological polar surface area (TPSA) is 57.4 Å². The lowest BCUT2D eigenvalue weighted by atomic mass is 10.3. The first-order valence-corrected chi connectivity index (χ1v) is 5.85. The molecule has 1 aromatic carbocycles. The molecular formula is C13H13ClN2O2. The zero-order chi connectivity index (χ0) is 12.8. The normalized spacial score (nSPS) is 10.1. The van der Waals surface area contributed by atoms with Crippen LogP contribution in [-0.4, -0.2) is 18.2 Å². The number of hydrogen-bond donors (Lipinski definition) is 1. The molecule has 0 saturated heterocycles. The van der Waals surface area contributed by atoms with Crippen LogP contribution in [0.15, 0.2) is 42.6 Å². The van der Waals surface area contributed by atoms with Gasteiger partial charge in [0.15, 0.2) is 0 Å². The third kappa shape index (κ3) is 3.53. The number of anilines is 1. The number of benzene rings is 1. The molecule has 2 N–H and O–H groups in total. The Labute approximate surface area is 110 Å². The van der Waals surface area contributed by atoms with Crippen LogP contribution < -0.4 is 15.2 Å². The number of halogens is 1. The predicted octanol–water partition coefficient (Wildman–Crippen LogP) is 2.78. The molecule has 0 saturated carbocycles. The van der Waals surface area contributed by atoms with Gasteiger partial charge in [0.25, 0.3) is 0 Å². The van der Waals surface area contributed by atoms with Gasteiger partial charge in [-0.1, -0.05) is 29.8 Å². The maximum absolute atomic E-state index is 5.92. The minimum atomic E-state index is 0.363. The number of aromatic nitrogens is 1. The molecule has 0 atom stereocenters. The van der Waals surface area contributed by atoms with E-state index in [-0.39, 0.29) is 0 Å². The van der Waals surface area contributed by atoms with Gasteiger partial charge in [-0.3, -0.25) is 0 Å². The molecule has 5 heteroatoms. The van der Waals surface area contributed by atoms with Crippen LogP contribution in [0.1, 0.15) is 0 Å². The van der Waals surface area contributed by atoms with E-state index >= 15 is 0 Å². The van der Waals surface area contributed by atoms with E-state index in [1.54, 1.807) is 6.07 Å². The number of pyridine rings is 1. The summed E-state index contributed by atoms with van der Waals surface area (Å²) in [5, 5.41) is 0.398. The van der Waals surface area contributed by atoms with E-state index in [2.05, 4.69) is 4.98 Å². The summed E-state index contributed by atoms with van der Waals surface area (Å²) in [6, 6.07) is 11.1. The lowest BCUT2D eigenvalue weighted by molar-refractivity contribution is 0.212. The zero-order valence-electron chi connectivity index (χ0n) is 9.67. The van der Waals surface area contributed by atoms with Crippen molar-refractivity contribution in [3.05, 3.63) is 47.6 Å². The second-order valence-corrected chi connectivity index (χ2v) is 3.97. The van der Waals surface area contributed by atoms with E-state index in [9.17, 15) is 0 Å². The van der Waals surface area contributed by atoms with Crippen LogP contribution in [0.25, 0.3) is 0 Å². The smallest absolute Gasteiger partial charge is 0.232 e. The van der Waals surface area contributed by atoms with E-state index in [0.717, 1.165) is 5.75 Å². The molecular weight excluding hydrogens is 252 g/mol. The fraction of sp³-hybridized carbons (Fsp3) is 0.154. The van der Waals surface area contributed by atoms with Gasteiger partial charge in [-0.25, -0.2) is 4.98 Å². The molecule has 0 fully saturated rings. The first-order valence-electron chi connectivity index (χ1n) is 5.47. The number of nitrogens with two attached hydrogens (primary N) is 1. The monoisotopic (exact) mass is 264 g/mol. The van der Waals surface area contributed by atoms with Gasteiger partial charge in [0.05, 0.1) is 11.9 Å². The van der Waals surface area contributed by atoms with Crippen molar-refractivity contribution in [2.24, 2.45) is 0 Å². The Morgan fingerprint density at radius 2 is 1.83 bits per heavy atom. The Balaban J connectivity index is 1.79. The maximum Gasteiger partial charge on any atom is 0.232 e. The lowest BCUT2D eigenvalue weighted by Crippen LogP contribution is -2.10. The summed E-state index contributed by atoms with van der Waals surface area (Å²) in [7, 11) is 0. The molecule has 0 aliphatic rings. The second-order valence-electron chi connectivity index (χ2n) is 3.57. The highest BCUT2D eigenvalue weighted by molar-refractivity contribution is 6.32. The predicted molar refractivity (Wildman–Crippen MR) is 71.1 cm³/mol. The molecule has 1 aromatic heterocycles. The number of para-hydroxylation sites is 1. The van der Waals surface area contributed by atoms with Crippen LogP contribution in [-0.2, 0) is 0 Å². The standard InChI is InChI=1S/C13H13ClN2O2/c14-12-8-10(15)9-16-13(12)18-7-6-17-11-4-2-1-3-5-11/h1-5,8-9H,6-7,15H2. The largest absolute Gasteiger partial charge is 0.490 e. The molecule has 4 nitrogen and oxygen atoms in total. The highest BCUT2D eigenvalue weighted by Crippen LogP contribution is 2.23. The molecule has 0 amide bonds. The molecule has 0 radical (unpaired) electrons. The minimum Gasteiger partial charge on any atom is -0.490 e. The highest BCUT2D eigenvalue weighted by atomic mass is 35.5. The molecule has 94 valence electrons. The number of nitrogens with zero attached hydrogens (tertiary/aromatic N) is 1. The maximum atomic E-state index is 5.92. The van der Waals surface area contributed by atoms with Crippen molar-refractivity contribution < 1.29 is 9.47 Å². The summed E-state index contributed by atoms with van der Waals surface area (Å²) in [6.45, 7) is 0.790. The summed E-state index contributed by atoms with van der Waals surface area (Å²) in [4.78, 5) is 3.99. The van der Waals surface area contributed by atoms with Crippen LogP contribution in [0, 0.1) is 0 Å². The number of ether oxygens (including phenoxy) is 2. The fourth-order valence-corrected chi connectivity index (χ4v) is 1.59. The van der Waals surface area contributed by atoms with Crippen molar-refractivity contribution in [2.75, 3.05) is 18.9 Å².